The summed E-state index contributed by atoms with van der Waals surface area (Å²) in [5, 5.41) is 0. The number of terminal acetylenes is 1. The van der Waals surface area contributed by atoms with Crippen molar-refractivity contribution in [3.63, 3.8) is 0 Å². The highest BCUT2D eigenvalue weighted by Crippen LogP contribution is 2.17. The van der Waals surface area contributed by atoms with Crippen molar-refractivity contribution in [3.8, 4) is 12.3 Å². The minimum Gasteiger partial charge on any atom is -0.120 e. The molecule has 8 heavy (non-hydrogen) atoms. The molecule has 0 bridgehead atoms. The molecule has 0 nitrogen and oxygen atoms in total. The lowest BCUT2D eigenvalue weighted by atomic mass is 9.91. The predicted molar refractivity (Wildman–Crippen MR) is 37.4 cm³/mol. The maximum Gasteiger partial charge on any atom is 0.0290 e. The van der Waals surface area contributed by atoms with E-state index in [4.69, 9.17) is 6.42 Å². The van der Waals surface area contributed by atoms with Crippen LogP contribution in [-0.2, 0) is 0 Å². The molecule has 0 radical (unpaired) electrons. The SMILES string of the molecule is C#CC(C)(C)CC=C. The topological polar surface area (TPSA) is 0 Å². The Kier molecular flexibility index (Phi) is 2.34. The highest BCUT2D eigenvalue weighted by Gasteiger charge is 2.09. The zero-order valence-electron chi connectivity index (χ0n) is 5.57. The Bertz CT molecular complexity index is 112. The second-order valence-corrected chi connectivity index (χ2v) is 2.52. The third-order valence-corrected chi connectivity index (χ3v) is 1.05. The number of hydrogen-bond acceptors (Lipinski definition) is 0. The standard InChI is InChI=1S/C8H12/c1-5-7-8(3,4)6-2/h2,5H,1,7H2,3-4H3. The molecule has 0 rings (SSSR count). The smallest absolute Gasteiger partial charge is 0.0290 e. The van der Waals surface area contributed by atoms with Gasteiger partial charge in [0.1, 0.15) is 0 Å². The Hall–Kier alpha value is -0.700. The molecule has 44 valence electrons. The molecular weight excluding hydrogens is 96.1 g/mol. The van der Waals surface area contributed by atoms with Crippen LogP contribution in [-0.4, -0.2) is 0 Å². The summed E-state index contributed by atoms with van der Waals surface area (Å²) >= 11 is 0. The lowest BCUT2D eigenvalue weighted by Gasteiger charge is -2.12. The van der Waals surface area contributed by atoms with Crippen molar-refractivity contribution in [2.75, 3.05) is 0 Å². The van der Waals surface area contributed by atoms with Crippen LogP contribution in [0.25, 0.3) is 0 Å². The molecule has 0 aliphatic rings. The molecule has 0 spiro atoms. The summed E-state index contributed by atoms with van der Waals surface area (Å²) < 4.78 is 0. The van der Waals surface area contributed by atoms with E-state index >= 15 is 0 Å². The van der Waals surface area contributed by atoms with Crippen molar-refractivity contribution in [2.45, 2.75) is 20.3 Å². The van der Waals surface area contributed by atoms with E-state index in [2.05, 4.69) is 12.5 Å². The van der Waals surface area contributed by atoms with Crippen LogP contribution in [0.15, 0.2) is 12.7 Å². The van der Waals surface area contributed by atoms with Gasteiger partial charge in [-0.2, -0.15) is 0 Å². The van der Waals surface area contributed by atoms with Crippen molar-refractivity contribution in [1.29, 1.82) is 0 Å². The highest BCUT2D eigenvalue weighted by molar-refractivity contribution is 5.02. The van der Waals surface area contributed by atoms with E-state index in [0.717, 1.165) is 6.42 Å². The van der Waals surface area contributed by atoms with Gasteiger partial charge in [-0.05, 0) is 20.3 Å². The van der Waals surface area contributed by atoms with E-state index in [-0.39, 0.29) is 5.41 Å². The largest absolute Gasteiger partial charge is 0.120 e. The first-order valence-corrected chi connectivity index (χ1v) is 2.71. The molecule has 0 saturated carbocycles. The van der Waals surface area contributed by atoms with Crippen LogP contribution in [0.1, 0.15) is 20.3 Å². The molecule has 0 unspecified atom stereocenters. The fourth-order valence-corrected chi connectivity index (χ4v) is 0.420. The van der Waals surface area contributed by atoms with Gasteiger partial charge in [-0.3, -0.25) is 0 Å². The van der Waals surface area contributed by atoms with Crippen LogP contribution >= 0.6 is 0 Å². The van der Waals surface area contributed by atoms with Gasteiger partial charge in [0.25, 0.3) is 0 Å². The summed E-state index contributed by atoms with van der Waals surface area (Å²) in [4.78, 5) is 0. The third-order valence-electron chi connectivity index (χ3n) is 1.05. The van der Waals surface area contributed by atoms with Crippen LogP contribution in [0, 0.1) is 17.8 Å². The van der Waals surface area contributed by atoms with Crippen LogP contribution in [0.3, 0.4) is 0 Å². The Morgan fingerprint density at radius 1 is 1.75 bits per heavy atom. The quantitative estimate of drug-likeness (QED) is 0.376. The number of allylic oxidation sites excluding steroid dienone is 1. The van der Waals surface area contributed by atoms with Crippen molar-refractivity contribution in [2.24, 2.45) is 5.41 Å². The van der Waals surface area contributed by atoms with Gasteiger partial charge >= 0.3 is 0 Å². The molecule has 0 aromatic rings. The highest BCUT2D eigenvalue weighted by atomic mass is 14.1. The summed E-state index contributed by atoms with van der Waals surface area (Å²) in [7, 11) is 0. The first-order chi connectivity index (χ1) is 3.62. The fourth-order valence-electron chi connectivity index (χ4n) is 0.420. The van der Waals surface area contributed by atoms with Gasteiger partial charge in [-0.25, -0.2) is 0 Å². The average Bonchev–Trinajstić information content (AvgIpc) is 1.67. The summed E-state index contributed by atoms with van der Waals surface area (Å²) in [6.07, 6.45) is 7.93. The molecule has 0 N–H and O–H groups in total. The zero-order chi connectivity index (χ0) is 6.62. The first-order valence-electron chi connectivity index (χ1n) is 2.71. The van der Waals surface area contributed by atoms with Crippen molar-refractivity contribution >= 4 is 0 Å². The van der Waals surface area contributed by atoms with Crippen molar-refractivity contribution < 1.29 is 0 Å². The predicted octanol–water partition coefficient (Wildman–Crippen LogP) is 2.22. The van der Waals surface area contributed by atoms with E-state index < -0.39 is 0 Å². The van der Waals surface area contributed by atoms with E-state index in [0.29, 0.717) is 0 Å². The van der Waals surface area contributed by atoms with Gasteiger partial charge in [0, 0.05) is 5.41 Å². The van der Waals surface area contributed by atoms with Gasteiger partial charge in [-0.15, -0.1) is 18.9 Å². The third kappa shape index (κ3) is 2.47. The summed E-state index contributed by atoms with van der Waals surface area (Å²) in [6, 6.07) is 0. The minimum absolute atomic E-state index is 0.00174. The molecular formula is C8H12. The van der Waals surface area contributed by atoms with Gasteiger partial charge in [0.15, 0.2) is 0 Å². The monoisotopic (exact) mass is 108 g/mol. The Balaban J connectivity index is 3.76. The maximum absolute atomic E-state index is 5.19. The zero-order valence-corrected chi connectivity index (χ0v) is 5.57. The second-order valence-electron chi connectivity index (χ2n) is 2.52. The molecule has 0 atom stereocenters. The van der Waals surface area contributed by atoms with Gasteiger partial charge in [0.2, 0.25) is 0 Å². The van der Waals surface area contributed by atoms with Crippen LogP contribution in [0.2, 0.25) is 0 Å². The Labute approximate surface area is 51.6 Å². The van der Waals surface area contributed by atoms with Crippen molar-refractivity contribution in [1.82, 2.24) is 0 Å². The molecule has 0 saturated heterocycles. The van der Waals surface area contributed by atoms with Crippen LogP contribution in [0.4, 0.5) is 0 Å². The lowest BCUT2D eigenvalue weighted by molar-refractivity contribution is 0.514. The summed E-state index contributed by atoms with van der Waals surface area (Å²) in [5.74, 6) is 2.67. The van der Waals surface area contributed by atoms with Crippen LogP contribution in [0.5, 0.6) is 0 Å². The Morgan fingerprint density at radius 3 is 2.38 bits per heavy atom. The van der Waals surface area contributed by atoms with Gasteiger partial charge in [0.05, 0.1) is 0 Å². The second kappa shape index (κ2) is 2.57. The number of rotatable bonds is 2. The van der Waals surface area contributed by atoms with E-state index in [1.165, 1.54) is 0 Å². The lowest BCUT2D eigenvalue weighted by Crippen LogP contribution is -2.04. The molecule has 0 aromatic carbocycles. The summed E-state index contributed by atoms with van der Waals surface area (Å²) in [5.41, 5.74) is 0.00174. The molecule has 0 amide bonds. The van der Waals surface area contributed by atoms with E-state index in [9.17, 15) is 0 Å². The molecule has 0 heteroatoms. The van der Waals surface area contributed by atoms with Gasteiger partial charge in [-0.1, -0.05) is 6.08 Å². The molecule has 0 heterocycles. The summed E-state index contributed by atoms with van der Waals surface area (Å²) in [6.45, 7) is 7.64. The first kappa shape index (κ1) is 7.30. The minimum atomic E-state index is 0.00174. The molecule has 0 aliphatic heterocycles. The average molecular weight is 108 g/mol. The number of hydrogen-bond donors (Lipinski definition) is 0. The van der Waals surface area contributed by atoms with Gasteiger partial charge < -0.3 is 0 Å². The van der Waals surface area contributed by atoms with Crippen molar-refractivity contribution in [3.05, 3.63) is 12.7 Å². The molecule has 0 aliphatic carbocycles. The van der Waals surface area contributed by atoms with Crippen LogP contribution < -0.4 is 0 Å². The fraction of sp³-hybridized carbons (Fsp3) is 0.500. The molecule has 0 aromatic heterocycles. The molecule has 0 fully saturated rings. The maximum atomic E-state index is 5.19. The van der Waals surface area contributed by atoms with E-state index in [1.54, 1.807) is 0 Å². The normalized spacial score (nSPS) is 10.1. The Morgan fingerprint density at radius 2 is 2.25 bits per heavy atom. The van der Waals surface area contributed by atoms with E-state index in [1.807, 2.05) is 19.9 Å².